The Bertz CT molecular complexity index is 689. The van der Waals surface area contributed by atoms with Crippen LogP contribution in [0.5, 0.6) is 0 Å². The van der Waals surface area contributed by atoms with Gasteiger partial charge in [0.1, 0.15) is 5.82 Å². The number of imidazole rings is 1. The van der Waals surface area contributed by atoms with Crippen molar-refractivity contribution < 1.29 is 4.79 Å². The molecule has 0 unspecified atom stereocenters. The quantitative estimate of drug-likeness (QED) is 0.852. The van der Waals surface area contributed by atoms with Gasteiger partial charge in [-0.3, -0.25) is 9.78 Å². The lowest BCUT2D eigenvalue weighted by Crippen LogP contribution is -2.48. The second kappa shape index (κ2) is 7.21. The van der Waals surface area contributed by atoms with Crippen molar-refractivity contribution in [3.05, 3.63) is 37.3 Å². The van der Waals surface area contributed by atoms with E-state index in [0.717, 1.165) is 57.7 Å². The standard InChI is InChI=1S/C18H24N6O/c25-18(23-9-2-4-16(13-23)24-10-7-20-14-24)15-3-1-8-22(12-15)17-11-19-5-6-21-17/h5-7,10-11,14-16H,1-4,8-9,12-13H2/t15-,16+/m1/s1. The first-order valence-corrected chi connectivity index (χ1v) is 9.08. The molecule has 2 aromatic heterocycles. The predicted molar refractivity (Wildman–Crippen MR) is 94.0 cm³/mol. The lowest BCUT2D eigenvalue weighted by molar-refractivity contribution is -0.137. The molecule has 2 fully saturated rings. The van der Waals surface area contributed by atoms with Crippen molar-refractivity contribution in [3.63, 3.8) is 0 Å². The monoisotopic (exact) mass is 340 g/mol. The summed E-state index contributed by atoms with van der Waals surface area (Å²) in [7, 11) is 0. The Kier molecular flexibility index (Phi) is 4.63. The van der Waals surface area contributed by atoms with Crippen LogP contribution in [0.3, 0.4) is 0 Å². The smallest absolute Gasteiger partial charge is 0.227 e. The Morgan fingerprint density at radius 2 is 1.96 bits per heavy atom. The van der Waals surface area contributed by atoms with E-state index in [0.29, 0.717) is 11.9 Å². The molecule has 0 N–H and O–H groups in total. The Morgan fingerprint density at radius 1 is 1.04 bits per heavy atom. The van der Waals surface area contributed by atoms with Crippen LogP contribution in [0.2, 0.25) is 0 Å². The number of amides is 1. The maximum Gasteiger partial charge on any atom is 0.227 e. The number of hydrogen-bond acceptors (Lipinski definition) is 5. The van der Waals surface area contributed by atoms with Gasteiger partial charge in [-0.05, 0) is 25.7 Å². The van der Waals surface area contributed by atoms with E-state index >= 15 is 0 Å². The highest BCUT2D eigenvalue weighted by Crippen LogP contribution is 2.26. The minimum absolute atomic E-state index is 0.0530. The molecule has 4 rings (SSSR count). The van der Waals surface area contributed by atoms with Crippen LogP contribution >= 0.6 is 0 Å². The van der Waals surface area contributed by atoms with E-state index in [2.05, 4.69) is 29.3 Å². The van der Waals surface area contributed by atoms with Crippen molar-refractivity contribution in [1.29, 1.82) is 0 Å². The molecule has 0 aromatic carbocycles. The first-order valence-electron chi connectivity index (χ1n) is 9.08. The molecule has 132 valence electrons. The van der Waals surface area contributed by atoms with Crippen LogP contribution < -0.4 is 4.90 Å². The number of hydrogen-bond donors (Lipinski definition) is 0. The van der Waals surface area contributed by atoms with Crippen molar-refractivity contribution in [3.8, 4) is 0 Å². The maximum atomic E-state index is 13.1. The van der Waals surface area contributed by atoms with Crippen molar-refractivity contribution in [2.75, 3.05) is 31.1 Å². The highest BCUT2D eigenvalue weighted by atomic mass is 16.2. The molecular weight excluding hydrogens is 316 g/mol. The van der Waals surface area contributed by atoms with Gasteiger partial charge < -0.3 is 14.4 Å². The molecule has 2 saturated heterocycles. The zero-order chi connectivity index (χ0) is 17.1. The lowest BCUT2D eigenvalue weighted by atomic mass is 9.95. The second-order valence-corrected chi connectivity index (χ2v) is 6.94. The van der Waals surface area contributed by atoms with Crippen LogP contribution in [0.4, 0.5) is 5.82 Å². The number of anilines is 1. The summed E-state index contributed by atoms with van der Waals surface area (Å²) in [4.78, 5) is 30.0. The third kappa shape index (κ3) is 3.50. The van der Waals surface area contributed by atoms with Crippen LogP contribution in [-0.2, 0) is 4.79 Å². The topological polar surface area (TPSA) is 67.2 Å². The predicted octanol–water partition coefficient (Wildman–Crippen LogP) is 1.75. The average molecular weight is 340 g/mol. The molecule has 25 heavy (non-hydrogen) atoms. The zero-order valence-electron chi connectivity index (χ0n) is 14.4. The molecule has 0 saturated carbocycles. The molecule has 1 amide bonds. The lowest BCUT2D eigenvalue weighted by Gasteiger charge is -2.38. The molecule has 0 radical (unpaired) electrons. The van der Waals surface area contributed by atoms with E-state index in [1.807, 2.05) is 12.5 Å². The van der Waals surface area contributed by atoms with E-state index in [1.54, 1.807) is 24.8 Å². The molecule has 0 aliphatic carbocycles. The Balaban J connectivity index is 1.41. The second-order valence-electron chi connectivity index (χ2n) is 6.94. The first kappa shape index (κ1) is 16.1. The van der Waals surface area contributed by atoms with E-state index in [1.165, 1.54) is 0 Å². The molecule has 2 aliphatic rings. The van der Waals surface area contributed by atoms with Gasteiger partial charge in [0.15, 0.2) is 0 Å². The zero-order valence-corrected chi connectivity index (χ0v) is 14.4. The van der Waals surface area contributed by atoms with Crippen LogP contribution in [-0.4, -0.2) is 56.5 Å². The van der Waals surface area contributed by atoms with Gasteiger partial charge in [0.25, 0.3) is 0 Å². The maximum absolute atomic E-state index is 13.1. The van der Waals surface area contributed by atoms with Gasteiger partial charge in [-0.15, -0.1) is 0 Å². The fourth-order valence-corrected chi connectivity index (χ4v) is 3.98. The van der Waals surface area contributed by atoms with Crippen molar-refractivity contribution in [1.82, 2.24) is 24.4 Å². The van der Waals surface area contributed by atoms with Gasteiger partial charge in [-0.2, -0.15) is 0 Å². The van der Waals surface area contributed by atoms with Gasteiger partial charge in [0.05, 0.1) is 24.5 Å². The number of piperidine rings is 2. The van der Waals surface area contributed by atoms with Crippen LogP contribution in [0.15, 0.2) is 37.3 Å². The van der Waals surface area contributed by atoms with E-state index in [4.69, 9.17) is 0 Å². The number of aromatic nitrogens is 4. The van der Waals surface area contributed by atoms with Gasteiger partial charge in [-0.1, -0.05) is 0 Å². The van der Waals surface area contributed by atoms with E-state index in [-0.39, 0.29) is 5.92 Å². The summed E-state index contributed by atoms with van der Waals surface area (Å²) in [6.07, 6.45) is 15.0. The molecule has 0 spiro atoms. The third-order valence-corrected chi connectivity index (χ3v) is 5.30. The molecule has 2 atom stereocenters. The normalized spacial score (nSPS) is 24.3. The van der Waals surface area contributed by atoms with Gasteiger partial charge in [0.2, 0.25) is 5.91 Å². The van der Waals surface area contributed by atoms with Gasteiger partial charge in [-0.25, -0.2) is 9.97 Å². The first-order chi connectivity index (χ1) is 12.3. The highest BCUT2D eigenvalue weighted by molar-refractivity contribution is 5.80. The molecule has 4 heterocycles. The molecule has 2 aliphatic heterocycles. The fourth-order valence-electron chi connectivity index (χ4n) is 3.98. The fraction of sp³-hybridized carbons (Fsp3) is 0.556. The average Bonchev–Trinajstić information content (AvgIpc) is 3.23. The number of nitrogens with zero attached hydrogens (tertiary/aromatic N) is 6. The van der Waals surface area contributed by atoms with Crippen LogP contribution in [0.25, 0.3) is 0 Å². The minimum Gasteiger partial charge on any atom is -0.355 e. The van der Waals surface area contributed by atoms with Crippen molar-refractivity contribution >= 4 is 11.7 Å². The van der Waals surface area contributed by atoms with E-state index in [9.17, 15) is 4.79 Å². The van der Waals surface area contributed by atoms with Gasteiger partial charge in [0, 0.05) is 51.0 Å². The summed E-state index contributed by atoms with van der Waals surface area (Å²) in [5, 5.41) is 0. The summed E-state index contributed by atoms with van der Waals surface area (Å²) >= 11 is 0. The van der Waals surface area contributed by atoms with E-state index < -0.39 is 0 Å². The van der Waals surface area contributed by atoms with Gasteiger partial charge >= 0.3 is 0 Å². The molecule has 7 heteroatoms. The highest BCUT2D eigenvalue weighted by Gasteiger charge is 2.32. The summed E-state index contributed by atoms with van der Waals surface area (Å²) in [6.45, 7) is 3.34. The largest absolute Gasteiger partial charge is 0.355 e. The number of likely N-dealkylation sites (tertiary alicyclic amines) is 1. The number of rotatable bonds is 3. The molecule has 2 aromatic rings. The summed E-state index contributed by atoms with van der Waals surface area (Å²) in [5.74, 6) is 1.21. The van der Waals surface area contributed by atoms with Crippen molar-refractivity contribution in [2.24, 2.45) is 5.92 Å². The summed E-state index contributed by atoms with van der Waals surface area (Å²) in [6, 6.07) is 0.347. The minimum atomic E-state index is 0.0530. The van der Waals surface area contributed by atoms with Crippen molar-refractivity contribution in [2.45, 2.75) is 31.7 Å². The number of carbonyl (C=O) groups excluding carboxylic acids is 1. The molecule has 0 bridgehead atoms. The van der Waals surface area contributed by atoms with Crippen LogP contribution in [0, 0.1) is 5.92 Å². The summed E-state index contributed by atoms with van der Waals surface area (Å²) in [5.41, 5.74) is 0. The SMILES string of the molecule is O=C([C@@H]1CCCN(c2cnccn2)C1)N1CCC[C@H](n2ccnc2)C1. The Labute approximate surface area is 147 Å². The Hall–Kier alpha value is -2.44. The molecule has 7 nitrogen and oxygen atoms in total. The van der Waals surface area contributed by atoms with Crippen LogP contribution in [0.1, 0.15) is 31.7 Å². The number of carbonyl (C=O) groups is 1. The Morgan fingerprint density at radius 3 is 2.76 bits per heavy atom. The summed E-state index contributed by atoms with van der Waals surface area (Å²) < 4.78 is 2.13. The molecular formula is C18H24N6O. The third-order valence-electron chi connectivity index (χ3n) is 5.30.